The number of fused-ring (bicyclic) bond motifs is 9. The molecule has 0 unspecified atom stereocenters. The molecule has 3 nitrogen and oxygen atoms in total. The summed E-state index contributed by atoms with van der Waals surface area (Å²) >= 11 is 1.85. The van der Waals surface area contributed by atoms with E-state index >= 15 is 0 Å². The first-order chi connectivity index (χ1) is 28.7. The van der Waals surface area contributed by atoms with E-state index in [1.807, 2.05) is 23.5 Å². The van der Waals surface area contributed by atoms with Crippen LogP contribution in [-0.4, -0.2) is 4.57 Å². The lowest BCUT2D eigenvalue weighted by Crippen LogP contribution is -2.10. The van der Waals surface area contributed by atoms with E-state index in [-0.39, 0.29) is 0 Å². The van der Waals surface area contributed by atoms with E-state index in [2.05, 4.69) is 204 Å². The molecule has 0 aliphatic rings. The Morgan fingerprint density at radius 2 is 1.03 bits per heavy atom. The van der Waals surface area contributed by atoms with E-state index in [1.165, 1.54) is 47.6 Å². The molecule has 0 amide bonds. The number of furan rings is 1. The third-order valence-electron chi connectivity index (χ3n) is 11.6. The van der Waals surface area contributed by atoms with Gasteiger partial charge < -0.3 is 13.9 Å². The van der Waals surface area contributed by atoms with Gasteiger partial charge in [0, 0.05) is 70.0 Å². The van der Waals surface area contributed by atoms with Gasteiger partial charge >= 0.3 is 0 Å². The zero-order valence-electron chi connectivity index (χ0n) is 31.3. The van der Waals surface area contributed by atoms with Crippen LogP contribution in [-0.2, 0) is 0 Å². The number of rotatable bonds is 6. The van der Waals surface area contributed by atoms with Crippen molar-refractivity contribution in [1.82, 2.24) is 4.57 Å². The van der Waals surface area contributed by atoms with Crippen LogP contribution in [0.1, 0.15) is 0 Å². The molecular formula is C54H34N2OS. The molecule has 0 aliphatic carbocycles. The second-order valence-electron chi connectivity index (χ2n) is 14.9. The molecule has 12 rings (SSSR count). The first kappa shape index (κ1) is 32.8. The first-order valence-corrected chi connectivity index (χ1v) is 20.5. The molecule has 0 aliphatic heterocycles. The number of benzene rings is 9. The molecule has 0 saturated carbocycles. The van der Waals surface area contributed by atoms with E-state index in [1.54, 1.807) is 0 Å². The lowest BCUT2D eigenvalue weighted by molar-refractivity contribution is 0.670. The van der Waals surface area contributed by atoms with Gasteiger partial charge in [0.25, 0.3) is 0 Å². The average Bonchev–Trinajstić information content (AvgIpc) is 3.96. The monoisotopic (exact) mass is 758 g/mol. The van der Waals surface area contributed by atoms with Crippen molar-refractivity contribution in [3.63, 3.8) is 0 Å². The Kier molecular flexibility index (Phi) is 7.40. The minimum absolute atomic E-state index is 0.905. The van der Waals surface area contributed by atoms with Gasteiger partial charge in [0.05, 0.1) is 11.0 Å². The molecule has 0 radical (unpaired) electrons. The van der Waals surface area contributed by atoms with Crippen molar-refractivity contribution in [3.05, 3.63) is 206 Å². The molecule has 0 fully saturated rings. The average molecular weight is 759 g/mol. The molecule has 4 heteroatoms. The number of hydrogen-bond donors (Lipinski definition) is 0. The highest BCUT2D eigenvalue weighted by atomic mass is 32.1. The second kappa shape index (κ2) is 13.1. The lowest BCUT2D eigenvalue weighted by Gasteiger charge is -2.26. The number of para-hydroxylation sites is 4. The quantitative estimate of drug-likeness (QED) is 0.168. The highest BCUT2D eigenvalue weighted by Crippen LogP contribution is 2.43. The predicted octanol–water partition coefficient (Wildman–Crippen LogP) is 15.9. The maximum absolute atomic E-state index is 6.46. The number of hydrogen-bond acceptors (Lipinski definition) is 3. The Bertz CT molecular complexity index is 3520. The van der Waals surface area contributed by atoms with Gasteiger partial charge in [-0.25, -0.2) is 0 Å². The Balaban J connectivity index is 1.04. The van der Waals surface area contributed by atoms with Gasteiger partial charge in [-0.05, 0) is 95.6 Å². The van der Waals surface area contributed by atoms with Crippen LogP contribution in [0, 0.1) is 0 Å². The Morgan fingerprint density at radius 1 is 0.379 bits per heavy atom. The largest absolute Gasteiger partial charge is 0.455 e. The van der Waals surface area contributed by atoms with Crippen molar-refractivity contribution < 1.29 is 4.42 Å². The summed E-state index contributed by atoms with van der Waals surface area (Å²) in [5, 5.41) is 7.34. The van der Waals surface area contributed by atoms with E-state index < -0.39 is 0 Å². The molecule has 0 spiro atoms. The van der Waals surface area contributed by atoms with Gasteiger partial charge in [0.1, 0.15) is 11.2 Å². The maximum Gasteiger partial charge on any atom is 0.143 e. The third kappa shape index (κ3) is 5.19. The molecule has 58 heavy (non-hydrogen) atoms. The molecule has 3 aromatic heterocycles. The standard InChI is InChI=1S/C54H34N2OS/c1-2-13-38(14-3-1)56-49-21-7-4-16-43(49)44-30-29-41(34-50(44)56)55(39-27-24-35(25-28-39)42-19-11-20-47-45-17-5-8-22-51(45)57-54(42)47)40-15-10-12-36(32-40)37-26-31-53-48(33-37)46-18-6-9-23-52(46)58-53/h1-34H. The minimum Gasteiger partial charge on any atom is -0.455 e. The summed E-state index contributed by atoms with van der Waals surface area (Å²) in [7, 11) is 0. The lowest BCUT2D eigenvalue weighted by atomic mass is 10.0. The molecule has 9 aromatic carbocycles. The molecule has 0 bridgehead atoms. The molecule has 0 saturated heterocycles. The van der Waals surface area contributed by atoms with Crippen LogP contribution in [0.4, 0.5) is 17.1 Å². The van der Waals surface area contributed by atoms with Gasteiger partial charge in [-0.3, -0.25) is 0 Å². The second-order valence-corrected chi connectivity index (χ2v) is 16.0. The molecular weight excluding hydrogens is 725 g/mol. The van der Waals surface area contributed by atoms with Crippen LogP contribution in [0.25, 0.3) is 91.9 Å². The summed E-state index contributed by atoms with van der Waals surface area (Å²) in [6, 6.07) is 74.5. The zero-order valence-corrected chi connectivity index (χ0v) is 32.2. The van der Waals surface area contributed by atoms with Crippen LogP contribution < -0.4 is 4.90 Å². The van der Waals surface area contributed by atoms with E-state index in [0.29, 0.717) is 0 Å². The van der Waals surface area contributed by atoms with Crippen molar-refractivity contribution in [2.45, 2.75) is 0 Å². The van der Waals surface area contributed by atoms with Crippen molar-refractivity contribution in [2.24, 2.45) is 0 Å². The van der Waals surface area contributed by atoms with Gasteiger partial charge in [-0.1, -0.05) is 127 Å². The highest BCUT2D eigenvalue weighted by molar-refractivity contribution is 7.25. The van der Waals surface area contributed by atoms with Gasteiger partial charge in [-0.2, -0.15) is 0 Å². The third-order valence-corrected chi connectivity index (χ3v) is 12.7. The van der Waals surface area contributed by atoms with Crippen LogP contribution in [0.3, 0.4) is 0 Å². The summed E-state index contributed by atoms with van der Waals surface area (Å²) in [4.78, 5) is 2.39. The van der Waals surface area contributed by atoms with Crippen LogP contribution in [0.15, 0.2) is 211 Å². The fourth-order valence-electron chi connectivity index (χ4n) is 8.90. The molecule has 0 atom stereocenters. The van der Waals surface area contributed by atoms with Crippen molar-refractivity contribution in [1.29, 1.82) is 0 Å². The number of nitrogens with zero attached hydrogens (tertiary/aromatic N) is 2. The number of thiophene rings is 1. The zero-order chi connectivity index (χ0) is 38.2. The minimum atomic E-state index is 0.905. The Hall–Kier alpha value is -7.40. The summed E-state index contributed by atoms with van der Waals surface area (Å²) in [6.07, 6.45) is 0. The number of anilines is 3. The van der Waals surface area contributed by atoms with Crippen molar-refractivity contribution in [3.8, 4) is 27.9 Å². The Morgan fingerprint density at radius 3 is 1.93 bits per heavy atom. The summed E-state index contributed by atoms with van der Waals surface area (Å²) in [6.45, 7) is 0. The van der Waals surface area contributed by atoms with Gasteiger partial charge in [-0.15, -0.1) is 11.3 Å². The van der Waals surface area contributed by atoms with E-state index in [9.17, 15) is 0 Å². The van der Waals surface area contributed by atoms with E-state index in [4.69, 9.17) is 4.42 Å². The fourth-order valence-corrected chi connectivity index (χ4v) is 9.98. The summed E-state index contributed by atoms with van der Waals surface area (Å²) < 4.78 is 11.5. The van der Waals surface area contributed by atoms with Crippen LogP contribution >= 0.6 is 11.3 Å². The smallest absolute Gasteiger partial charge is 0.143 e. The first-order valence-electron chi connectivity index (χ1n) is 19.7. The molecule has 0 N–H and O–H groups in total. The normalized spacial score (nSPS) is 11.8. The maximum atomic E-state index is 6.46. The topological polar surface area (TPSA) is 21.3 Å². The highest BCUT2D eigenvalue weighted by Gasteiger charge is 2.19. The van der Waals surface area contributed by atoms with Crippen molar-refractivity contribution in [2.75, 3.05) is 4.90 Å². The summed E-state index contributed by atoms with van der Waals surface area (Å²) in [5.74, 6) is 0. The predicted molar refractivity (Wildman–Crippen MR) is 247 cm³/mol. The van der Waals surface area contributed by atoms with Gasteiger partial charge in [0.15, 0.2) is 0 Å². The molecule has 272 valence electrons. The van der Waals surface area contributed by atoms with Crippen molar-refractivity contribution >= 4 is 92.3 Å². The Labute approximate surface area is 338 Å². The molecule has 3 heterocycles. The SMILES string of the molecule is c1ccc(-n2c3ccccc3c3ccc(N(c4ccc(-c5cccc6c5oc5ccccc56)cc4)c4cccc(-c5ccc6sc7ccccc7c6c5)c4)cc32)cc1. The van der Waals surface area contributed by atoms with Crippen LogP contribution in [0.2, 0.25) is 0 Å². The van der Waals surface area contributed by atoms with Crippen LogP contribution in [0.5, 0.6) is 0 Å². The van der Waals surface area contributed by atoms with Gasteiger partial charge in [0.2, 0.25) is 0 Å². The molecule has 12 aromatic rings. The number of aromatic nitrogens is 1. The summed E-state index contributed by atoms with van der Waals surface area (Å²) in [5.41, 5.74) is 13.1. The van der Waals surface area contributed by atoms with E-state index in [0.717, 1.165) is 61.3 Å². The fraction of sp³-hybridized carbons (Fsp3) is 0.